The van der Waals surface area contributed by atoms with Crippen LogP contribution in [0.4, 0.5) is 0 Å². The van der Waals surface area contributed by atoms with Gasteiger partial charge in [0, 0.05) is 16.6 Å². The van der Waals surface area contributed by atoms with E-state index in [-0.39, 0.29) is 29.2 Å². The molecule has 0 N–H and O–H groups in total. The second-order valence-electron chi connectivity index (χ2n) is 9.09. The van der Waals surface area contributed by atoms with Crippen molar-refractivity contribution in [1.29, 1.82) is 0 Å². The number of hydrogen-bond donors (Lipinski definition) is 0. The minimum atomic E-state index is -0.700. The Morgan fingerprint density at radius 1 is 0.842 bits per heavy atom. The summed E-state index contributed by atoms with van der Waals surface area (Å²) in [5.41, 5.74) is 2.81. The molecule has 0 bridgehead atoms. The monoisotopic (exact) mass is 541 g/mol. The van der Waals surface area contributed by atoms with Gasteiger partial charge >= 0.3 is 0 Å². The Bertz CT molecular complexity index is 1730. The number of hydrogen-bond acceptors (Lipinski definition) is 4. The van der Waals surface area contributed by atoms with Crippen LogP contribution in [-0.2, 0) is 13.2 Å². The maximum atomic E-state index is 13.8. The normalized spacial score (nSPS) is 14.6. The van der Waals surface area contributed by atoms with Crippen LogP contribution in [0.25, 0.3) is 11.0 Å². The SMILES string of the molecule is O=C1c2oc3ccc(Cl)cc3c(=O)c2C(c2cccc(OCc3ccccc3)c2)N1Cc1ccccc1Cl. The van der Waals surface area contributed by atoms with Crippen LogP contribution in [0.1, 0.15) is 38.9 Å². The van der Waals surface area contributed by atoms with Crippen LogP contribution in [0.5, 0.6) is 5.75 Å². The van der Waals surface area contributed by atoms with E-state index in [2.05, 4.69) is 0 Å². The summed E-state index contributed by atoms with van der Waals surface area (Å²) in [5, 5.41) is 1.27. The zero-order valence-electron chi connectivity index (χ0n) is 20.1. The Hall–Kier alpha value is -4.06. The number of rotatable bonds is 6. The van der Waals surface area contributed by atoms with Crippen LogP contribution in [-0.4, -0.2) is 10.8 Å². The average Bonchev–Trinajstić information content (AvgIpc) is 3.21. The van der Waals surface area contributed by atoms with Gasteiger partial charge in [-0.3, -0.25) is 9.59 Å². The van der Waals surface area contributed by atoms with Crippen molar-refractivity contribution in [2.45, 2.75) is 19.2 Å². The molecule has 4 aromatic carbocycles. The van der Waals surface area contributed by atoms with Gasteiger partial charge in [0.1, 0.15) is 17.9 Å². The number of benzene rings is 4. The minimum Gasteiger partial charge on any atom is -0.489 e. The fourth-order valence-corrected chi connectivity index (χ4v) is 5.20. The van der Waals surface area contributed by atoms with Gasteiger partial charge in [-0.1, -0.05) is 83.9 Å². The molecule has 2 heterocycles. The molecule has 38 heavy (non-hydrogen) atoms. The molecule has 1 amide bonds. The second kappa shape index (κ2) is 10.0. The zero-order valence-corrected chi connectivity index (χ0v) is 21.6. The standard InChI is InChI=1S/C31H21Cl2NO4/c32-22-13-14-26-24(16-22)29(35)27-28(20-10-6-11-23(15-20)37-18-19-7-2-1-3-8-19)34(31(36)30(27)38-26)17-21-9-4-5-12-25(21)33/h1-16,28H,17-18H2. The molecule has 1 aliphatic heterocycles. The van der Waals surface area contributed by atoms with Crippen molar-refractivity contribution in [1.82, 2.24) is 4.90 Å². The average molecular weight is 542 g/mol. The molecule has 0 aliphatic carbocycles. The van der Waals surface area contributed by atoms with Crippen LogP contribution >= 0.6 is 23.2 Å². The third kappa shape index (κ3) is 4.44. The van der Waals surface area contributed by atoms with E-state index in [0.717, 1.165) is 16.7 Å². The summed E-state index contributed by atoms with van der Waals surface area (Å²) in [6.45, 7) is 0.581. The third-order valence-corrected chi connectivity index (χ3v) is 7.25. The Morgan fingerprint density at radius 3 is 2.45 bits per heavy atom. The summed E-state index contributed by atoms with van der Waals surface area (Å²) in [7, 11) is 0. The first-order valence-corrected chi connectivity index (χ1v) is 12.8. The highest BCUT2D eigenvalue weighted by atomic mass is 35.5. The van der Waals surface area contributed by atoms with E-state index in [1.54, 1.807) is 29.2 Å². The first-order valence-electron chi connectivity index (χ1n) is 12.1. The largest absolute Gasteiger partial charge is 0.489 e. The summed E-state index contributed by atoms with van der Waals surface area (Å²) in [6, 6.07) is 28.7. The molecule has 0 radical (unpaired) electrons. The topological polar surface area (TPSA) is 59.8 Å². The van der Waals surface area contributed by atoms with Crippen molar-refractivity contribution >= 4 is 40.1 Å². The molecule has 5 nitrogen and oxygen atoms in total. The Balaban J connectivity index is 1.46. The number of fused-ring (bicyclic) bond motifs is 2. The lowest BCUT2D eigenvalue weighted by molar-refractivity contribution is 0.0714. The summed E-state index contributed by atoms with van der Waals surface area (Å²) >= 11 is 12.7. The molecule has 1 aliphatic rings. The molecule has 5 aromatic rings. The van der Waals surface area contributed by atoms with Crippen molar-refractivity contribution in [3.05, 3.63) is 145 Å². The molecule has 0 fully saturated rings. The van der Waals surface area contributed by atoms with E-state index in [4.69, 9.17) is 32.4 Å². The van der Waals surface area contributed by atoms with Crippen molar-refractivity contribution in [2.75, 3.05) is 0 Å². The van der Waals surface area contributed by atoms with Gasteiger partial charge in [-0.2, -0.15) is 0 Å². The van der Waals surface area contributed by atoms with E-state index in [1.807, 2.05) is 72.8 Å². The minimum absolute atomic E-state index is 0.0254. The van der Waals surface area contributed by atoms with Gasteiger partial charge in [-0.15, -0.1) is 0 Å². The highest BCUT2D eigenvalue weighted by Gasteiger charge is 2.43. The van der Waals surface area contributed by atoms with Gasteiger partial charge in [-0.05, 0) is 53.1 Å². The summed E-state index contributed by atoms with van der Waals surface area (Å²) in [6.07, 6.45) is 0. The lowest BCUT2D eigenvalue weighted by atomic mass is 9.98. The second-order valence-corrected chi connectivity index (χ2v) is 9.93. The van der Waals surface area contributed by atoms with Gasteiger partial charge < -0.3 is 14.1 Å². The summed E-state index contributed by atoms with van der Waals surface area (Å²) in [4.78, 5) is 29.2. The van der Waals surface area contributed by atoms with Gasteiger partial charge in [0.2, 0.25) is 5.76 Å². The zero-order chi connectivity index (χ0) is 26.2. The predicted octanol–water partition coefficient (Wildman–Crippen LogP) is 7.42. The van der Waals surface area contributed by atoms with Crippen LogP contribution < -0.4 is 10.2 Å². The smallest absolute Gasteiger partial charge is 0.291 e. The Kier molecular flexibility index (Phi) is 6.40. The molecule has 0 saturated carbocycles. The van der Waals surface area contributed by atoms with Crippen molar-refractivity contribution < 1.29 is 13.9 Å². The third-order valence-electron chi connectivity index (χ3n) is 6.65. The number of carbonyl (C=O) groups is 1. The fraction of sp³-hybridized carbons (Fsp3) is 0.0968. The fourth-order valence-electron chi connectivity index (χ4n) is 4.83. The quantitative estimate of drug-likeness (QED) is 0.224. The van der Waals surface area contributed by atoms with E-state index >= 15 is 0 Å². The lowest BCUT2D eigenvalue weighted by Gasteiger charge is -2.26. The van der Waals surface area contributed by atoms with Crippen molar-refractivity contribution in [3.63, 3.8) is 0 Å². The Labute approximate surface area is 228 Å². The van der Waals surface area contributed by atoms with Crippen molar-refractivity contribution in [3.8, 4) is 5.75 Å². The summed E-state index contributed by atoms with van der Waals surface area (Å²) in [5.74, 6) is 0.269. The van der Waals surface area contributed by atoms with E-state index < -0.39 is 6.04 Å². The van der Waals surface area contributed by atoms with Crippen LogP contribution in [0.2, 0.25) is 10.0 Å². The van der Waals surface area contributed by atoms with Gasteiger partial charge in [0.15, 0.2) is 5.43 Å². The molecular formula is C31H21Cl2NO4. The number of halogens is 2. The molecule has 188 valence electrons. The maximum Gasteiger partial charge on any atom is 0.291 e. The van der Waals surface area contributed by atoms with Crippen molar-refractivity contribution in [2.24, 2.45) is 0 Å². The van der Waals surface area contributed by atoms with E-state index in [0.29, 0.717) is 33.4 Å². The van der Waals surface area contributed by atoms with Gasteiger partial charge in [0.25, 0.3) is 5.91 Å². The molecule has 6 rings (SSSR count). The van der Waals surface area contributed by atoms with Gasteiger partial charge in [-0.25, -0.2) is 0 Å². The van der Waals surface area contributed by atoms with E-state index in [9.17, 15) is 9.59 Å². The van der Waals surface area contributed by atoms with Gasteiger partial charge in [0.05, 0.1) is 17.0 Å². The summed E-state index contributed by atoms with van der Waals surface area (Å²) < 4.78 is 12.1. The van der Waals surface area contributed by atoms with Crippen LogP contribution in [0.3, 0.4) is 0 Å². The molecule has 1 aromatic heterocycles. The molecule has 1 unspecified atom stereocenters. The lowest BCUT2D eigenvalue weighted by Crippen LogP contribution is -2.29. The molecular weight excluding hydrogens is 521 g/mol. The molecule has 0 saturated heterocycles. The highest BCUT2D eigenvalue weighted by molar-refractivity contribution is 6.31. The van der Waals surface area contributed by atoms with Crippen LogP contribution in [0.15, 0.2) is 106 Å². The highest BCUT2D eigenvalue weighted by Crippen LogP contribution is 2.40. The molecule has 0 spiro atoms. The molecule has 1 atom stereocenters. The number of ether oxygens (including phenoxy) is 1. The molecule has 7 heteroatoms. The first-order chi connectivity index (χ1) is 18.5. The number of nitrogens with zero attached hydrogens (tertiary/aromatic N) is 1. The number of amides is 1. The van der Waals surface area contributed by atoms with E-state index in [1.165, 1.54) is 0 Å². The Morgan fingerprint density at radius 2 is 1.63 bits per heavy atom. The first kappa shape index (κ1) is 24.3. The van der Waals surface area contributed by atoms with Crippen LogP contribution in [0, 0.1) is 0 Å². The number of carbonyl (C=O) groups excluding carboxylic acids is 1. The maximum absolute atomic E-state index is 13.8. The predicted molar refractivity (Wildman–Crippen MR) is 148 cm³/mol.